The minimum atomic E-state index is 0. The fourth-order valence-electron chi connectivity index (χ4n) is 0.321. The minimum Gasteiger partial charge on any atom is -1.00 e. The van der Waals surface area contributed by atoms with Crippen molar-refractivity contribution in [2.24, 2.45) is 0 Å². The monoisotopic (exact) mass is 109 g/mol. The molecule has 2 heteroatoms. The standard InChI is InChI=1S/C5H5.Be.ClH/c1-2-4-5-3-1;;/h1-5H;;1H/q-1;+2;/p-1. The molecule has 1 rings (SSSR count). The van der Waals surface area contributed by atoms with Crippen molar-refractivity contribution in [1.29, 1.82) is 0 Å². The summed E-state index contributed by atoms with van der Waals surface area (Å²) >= 11 is 0. The number of hydrogen-bond acceptors (Lipinski definition) is 0. The smallest absolute Gasteiger partial charge is 1.00 e. The molecule has 0 unspecified atom stereocenters. The van der Waals surface area contributed by atoms with Gasteiger partial charge in [0.15, 0.2) is 0 Å². The van der Waals surface area contributed by atoms with Gasteiger partial charge >= 0.3 is 10.1 Å². The van der Waals surface area contributed by atoms with Crippen molar-refractivity contribution in [2.45, 2.75) is 0 Å². The fourth-order valence-corrected chi connectivity index (χ4v) is 0.321. The third kappa shape index (κ3) is 3.64. The van der Waals surface area contributed by atoms with Crippen LogP contribution in [0.25, 0.3) is 0 Å². The molecule has 0 fully saturated rings. The first kappa shape index (κ1) is 9.94. The first-order chi connectivity index (χ1) is 2.50. The average molecular weight is 110 g/mol. The summed E-state index contributed by atoms with van der Waals surface area (Å²) in [5, 5.41) is 0. The summed E-state index contributed by atoms with van der Waals surface area (Å²) < 4.78 is 0. The molecule has 0 atom stereocenters. The summed E-state index contributed by atoms with van der Waals surface area (Å²) in [7, 11) is 0. The van der Waals surface area contributed by atoms with Crippen LogP contribution in [0.3, 0.4) is 0 Å². The van der Waals surface area contributed by atoms with Gasteiger partial charge in [0.25, 0.3) is 0 Å². The zero-order valence-corrected chi connectivity index (χ0v) is 4.73. The molecule has 0 aromatic heterocycles. The third-order valence-corrected chi connectivity index (χ3v) is 0.556. The molecule has 0 N–H and O–H groups in total. The van der Waals surface area contributed by atoms with E-state index in [2.05, 4.69) is 0 Å². The Morgan fingerprint density at radius 2 is 1.43 bits per heavy atom. The van der Waals surface area contributed by atoms with E-state index in [0.717, 1.165) is 0 Å². The van der Waals surface area contributed by atoms with Crippen LogP contribution in [-0.4, -0.2) is 10.1 Å². The van der Waals surface area contributed by atoms with Crippen molar-refractivity contribution < 1.29 is 12.4 Å². The molecule has 0 spiro atoms. The van der Waals surface area contributed by atoms with Gasteiger partial charge in [-0.1, -0.05) is 0 Å². The van der Waals surface area contributed by atoms with Gasteiger partial charge in [-0.15, -0.1) is 0 Å². The van der Waals surface area contributed by atoms with Gasteiger partial charge in [0.2, 0.25) is 0 Å². The molecule has 0 saturated carbocycles. The molecule has 0 heterocycles. The molecule has 0 saturated heterocycles. The maximum Gasteiger partial charge on any atom is 2.00 e. The van der Waals surface area contributed by atoms with Gasteiger partial charge in [-0.2, -0.15) is 18.2 Å². The predicted octanol–water partition coefficient (Wildman–Crippen LogP) is -1.97. The number of rotatable bonds is 0. The number of halogens is 1. The van der Waals surface area contributed by atoms with Crippen LogP contribution in [0.5, 0.6) is 0 Å². The normalized spacial score (nSPS) is 5.71. The summed E-state index contributed by atoms with van der Waals surface area (Å²) in [4.78, 5) is 0. The summed E-state index contributed by atoms with van der Waals surface area (Å²) in [5.41, 5.74) is 0. The molecule has 1 aromatic rings. The molecule has 34 valence electrons. The Kier molecular flexibility index (Phi) is 8.24. The molecule has 0 amide bonds. The Labute approximate surface area is 53.5 Å². The quantitative estimate of drug-likeness (QED) is 0.268. The second kappa shape index (κ2) is 5.81. The molecule has 0 aliphatic heterocycles. The Morgan fingerprint density at radius 1 is 1.00 bits per heavy atom. The van der Waals surface area contributed by atoms with Crippen LogP contribution in [0.4, 0.5) is 0 Å². The second-order valence-electron chi connectivity index (χ2n) is 0.962. The van der Waals surface area contributed by atoms with E-state index in [-0.39, 0.29) is 22.5 Å². The Morgan fingerprint density at radius 3 is 1.57 bits per heavy atom. The first-order valence-electron chi connectivity index (χ1n) is 1.67. The summed E-state index contributed by atoms with van der Waals surface area (Å²) in [6, 6.07) is 10.0. The molecular formula is C5H5BeCl. The van der Waals surface area contributed by atoms with Crippen molar-refractivity contribution >= 4 is 10.1 Å². The molecule has 0 bridgehead atoms. The van der Waals surface area contributed by atoms with Crippen molar-refractivity contribution in [2.75, 3.05) is 0 Å². The topological polar surface area (TPSA) is 0 Å². The minimum absolute atomic E-state index is 0. The summed E-state index contributed by atoms with van der Waals surface area (Å²) in [5.74, 6) is 0. The molecule has 1 aromatic carbocycles. The van der Waals surface area contributed by atoms with Crippen LogP contribution in [0.1, 0.15) is 0 Å². The van der Waals surface area contributed by atoms with Gasteiger partial charge < -0.3 is 12.4 Å². The van der Waals surface area contributed by atoms with Crippen LogP contribution in [0, 0.1) is 0 Å². The summed E-state index contributed by atoms with van der Waals surface area (Å²) in [6.07, 6.45) is 0. The maximum absolute atomic E-state index is 2.00. The number of hydrogen-bond donors (Lipinski definition) is 0. The van der Waals surface area contributed by atoms with Crippen LogP contribution < -0.4 is 12.4 Å². The van der Waals surface area contributed by atoms with Gasteiger partial charge in [0.1, 0.15) is 0 Å². The van der Waals surface area contributed by atoms with E-state index in [1.54, 1.807) is 0 Å². The third-order valence-electron chi connectivity index (χ3n) is 0.556. The molecule has 0 aliphatic carbocycles. The molecule has 0 aliphatic rings. The van der Waals surface area contributed by atoms with Gasteiger partial charge in [0.05, 0.1) is 0 Å². The van der Waals surface area contributed by atoms with Crippen LogP contribution in [-0.2, 0) is 0 Å². The summed E-state index contributed by atoms with van der Waals surface area (Å²) in [6.45, 7) is 0. The van der Waals surface area contributed by atoms with Crippen molar-refractivity contribution in [3.05, 3.63) is 30.3 Å². The molecule has 0 nitrogen and oxygen atoms in total. The SMILES string of the molecule is [Be+2].[Cl-].c1cc[cH-]c1. The van der Waals surface area contributed by atoms with Crippen LogP contribution in [0.2, 0.25) is 0 Å². The maximum atomic E-state index is 2.00. The second-order valence-corrected chi connectivity index (χ2v) is 0.962. The zero-order chi connectivity index (χ0) is 3.54. The van der Waals surface area contributed by atoms with Crippen molar-refractivity contribution in [1.82, 2.24) is 0 Å². The van der Waals surface area contributed by atoms with E-state index in [1.165, 1.54) is 0 Å². The van der Waals surface area contributed by atoms with Crippen LogP contribution >= 0.6 is 0 Å². The Hall–Kier alpha value is -0.191. The predicted molar refractivity (Wildman–Crippen MR) is 27.8 cm³/mol. The molecular weight excluding hydrogens is 105 g/mol. The van der Waals surface area contributed by atoms with E-state index in [1.807, 2.05) is 30.3 Å². The molecule has 0 radical (unpaired) electrons. The van der Waals surface area contributed by atoms with E-state index in [0.29, 0.717) is 0 Å². The largest absolute Gasteiger partial charge is 2.00 e. The van der Waals surface area contributed by atoms with Gasteiger partial charge in [-0.05, 0) is 0 Å². The zero-order valence-electron chi connectivity index (χ0n) is 3.97. The fraction of sp³-hybridized carbons (Fsp3) is 0. The van der Waals surface area contributed by atoms with Crippen molar-refractivity contribution in [3.63, 3.8) is 0 Å². The first-order valence-corrected chi connectivity index (χ1v) is 1.67. The van der Waals surface area contributed by atoms with Crippen LogP contribution in [0.15, 0.2) is 30.3 Å². The molecule has 7 heavy (non-hydrogen) atoms. The Balaban J connectivity index is 0. The van der Waals surface area contributed by atoms with E-state index < -0.39 is 0 Å². The average Bonchev–Trinajstić information content (AvgIpc) is 1.76. The van der Waals surface area contributed by atoms with Gasteiger partial charge in [-0.25, -0.2) is 12.1 Å². The van der Waals surface area contributed by atoms with E-state index in [9.17, 15) is 0 Å². The van der Waals surface area contributed by atoms with Gasteiger partial charge in [0, 0.05) is 0 Å². The Bertz CT molecular complexity index is 64.6. The van der Waals surface area contributed by atoms with Crippen molar-refractivity contribution in [3.8, 4) is 0 Å². The van der Waals surface area contributed by atoms with Gasteiger partial charge in [-0.3, -0.25) is 0 Å². The van der Waals surface area contributed by atoms with E-state index >= 15 is 0 Å². The van der Waals surface area contributed by atoms with E-state index in [4.69, 9.17) is 0 Å².